The quantitative estimate of drug-likeness (QED) is 0.836. The predicted molar refractivity (Wildman–Crippen MR) is 71.8 cm³/mol. The molecule has 1 aromatic heterocycles. The molecule has 4 nitrogen and oxygen atoms in total. The number of hydrogen-bond donors (Lipinski definition) is 0. The van der Waals surface area contributed by atoms with Crippen molar-refractivity contribution in [1.82, 2.24) is 14.8 Å². The van der Waals surface area contributed by atoms with Crippen LogP contribution < -0.4 is 4.74 Å². The Labute approximate surface area is 124 Å². The summed E-state index contributed by atoms with van der Waals surface area (Å²) in [6.45, 7) is 5.71. The number of nitrogens with zero attached hydrogens (tertiary/aromatic N) is 3. The van der Waals surface area contributed by atoms with Gasteiger partial charge in [-0.3, -0.25) is 4.57 Å². The van der Waals surface area contributed by atoms with Gasteiger partial charge in [0, 0.05) is 11.5 Å². The van der Waals surface area contributed by atoms with Gasteiger partial charge in [-0.05, 0) is 23.7 Å². The average Bonchev–Trinajstić information content (AvgIpc) is 2.69. The van der Waals surface area contributed by atoms with Crippen LogP contribution in [0.5, 0.6) is 5.75 Å². The van der Waals surface area contributed by atoms with E-state index in [-0.39, 0.29) is 16.4 Å². The van der Waals surface area contributed by atoms with E-state index >= 15 is 0 Å². The highest BCUT2D eigenvalue weighted by Gasteiger charge is 2.31. The number of aromatic nitrogens is 3. The second-order valence-electron chi connectivity index (χ2n) is 5.42. The molecule has 0 saturated heterocycles. The lowest BCUT2D eigenvalue weighted by Gasteiger charge is -2.19. The zero-order valence-electron chi connectivity index (χ0n) is 11.6. The zero-order chi connectivity index (χ0) is 15.8. The zero-order valence-corrected chi connectivity index (χ0v) is 12.3. The molecule has 0 fully saturated rings. The van der Waals surface area contributed by atoms with Crippen LogP contribution >= 0.6 is 11.6 Å². The summed E-state index contributed by atoms with van der Waals surface area (Å²) < 4.78 is 42.3. The Balaban J connectivity index is 2.49. The summed E-state index contributed by atoms with van der Waals surface area (Å²) in [5.41, 5.74) is 0.0257. The molecule has 0 unspecified atom stereocenters. The maximum Gasteiger partial charge on any atom is 0.573 e. The molecule has 0 radical (unpaired) electrons. The van der Waals surface area contributed by atoms with Gasteiger partial charge in [0.1, 0.15) is 11.6 Å². The van der Waals surface area contributed by atoms with Crippen LogP contribution in [-0.4, -0.2) is 21.1 Å². The normalized spacial score (nSPS) is 12.5. The first kappa shape index (κ1) is 15.6. The first-order valence-electron chi connectivity index (χ1n) is 6.05. The van der Waals surface area contributed by atoms with Crippen molar-refractivity contribution in [3.05, 3.63) is 35.4 Å². The van der Waals surface area contributed by atoms with Crippen molar-refractivity contribution in [3.8, 4) is 11.4 Å². The largest absolute Gasteiger partial charge is 0.573 e. The van der Waals surface area contributed by atoms with E-state index in [9.17, 15) is 13.2 Å². The second kappa shape index (κ2) is 5.22. The van der Waals surface area contributed by atoms with Crippen molar-refractivity contribution >= 4 is 11.6 Å². The van der Waals surface area contributed by atoms with Crippen molar-refractivity contribution in [2.24, 2.45) is 0 Å². The topological polar surface area (TPSA) is 39.9 Å². The number of benzene rings is 1. The molecule has 0 aliphatic rings. The Hall–Kier alpha value is -1.76. The first-order chi connectivity index (χ1) is 9.58. The van der Waals surface area contributed by atoms with Crippen LogP contribution in [0.4, 0.5) is 13.2 Å². The number of rotatable bonds is 2. The minimum absolute atomic E-state index is 0.0732. The standard InChI is InChI=1S/C13H13ClF3N3O/c1-12(2,3)10-18-19-11(14)20(10)8-5-4-6-9(7-8)21-13(15,16)17/h4-7H,1-3H3. The summed E-state index contributed by atoms with van der Waals surface area (Å²) in [7, 11) is 0. The van der Waals surface area contributed by atoms with E-state index < -0.39 is 6.36 Å². The van der Waals surface area contributed by atoms with Gasteiger partial charge in [-0.1, -0.05) is 26.8 Å². The van der Waals surface area contributed by atoms with Crippen LogP contribution in [-0.2, 0) is 5.41 Å². The van der Waals surface area contributed by atoms with Crippen LogP contribution in [0.25, 0.3) is 5.69 Å². The fourth-order valence-electron chi connectivity index (χ4n) is 1.80. The molecule has 0 bridgehead atoms. The fraction of sp³-hybridized carbons (Fsp3) is 0.385. The number of hydrogen-bond acceptors (Lipinski definition) is 3. The number of halogens is 4. The van der Waals surface area contributed by atoms with Gasteiger partial charge in [0.15, 0.2) is 0 Å². The van der Waals surface area contributed by atoms with Crippen molar-refractivity contribution in [2.75, 3.05) is 0 Å². The molecule has 0 N–H and O–H groups in total. The number of alkyl halides is 3. The lowest BCUT2D eigenvalue weighted by atomic mass is 9.95. The molecule has 8 heteroatoms. The highest BCUT2D eigenvalue weighted by molar-refractivity contribution is 6.28. The molecule has 1 heterocycles. The van der Waals surface area contributed by atoms with Crippen LogP contribution in [0.15, 0.2) is 24.3 Å². The molecule has 0 aliphatic carbocycles. The molecule has 0 aliphatic heterocycles. The summed E-state index contributed by atoms with van der Waals surface area (Å²) >= 11 is 6.00. The van der Waals surface area contributed by atoms with Crippen LogP contribution in [0.2, 0.25) is 5.28 Å². The Morgan fingerprint density at radius 1 is 1.14 bits per heavy atom. The van der Waals surface area contributed by atoms with Crippen molar-refractivity contribution in [2.45, 2.75) is 32.5 Å². The molecule has 114 valence electrons. The Morgan fingerprint density at radius 3 is 2.38 bits per heavy atom. The smallest absolute Gasteiger partial charge is 0.406 e. The van der Waals surface area contributed by atoms with Gasteiger partial charge in [0.2, 0.25) is 5.28 Å². The highest BCUT2D eigenvalue weighted by Crippen LogP contribution is 2.29. The SMILES string of the molecule is CC(C)(C)c1nnc(Cl)n1-c1cccc(OC(F)(F)F)c1. The highest BCUT2D eigenvalue weighted by atomic mass is 35.5. The van der Waals surface area contributed by atoms with E-state index in [4.69, 9.17) is 11.6 Å². The Bertz CT molecular complexity index is 647. The molecule has 0 saturated carbocycles. The van der Waals surface area contributed by atoms with Crippen molar-refractivity contribution < 1.29 is 17.9 Å². The minimum atomic E-state index is -4.75. The lowest BCUT2D eigenvalue weighted by molar-refractivity contribution is -0.274. The third-order valence-corrected chi connectivity index (χ3v) is 2.85. The summed E-state index contributed by atoms with van der Waals surface area (Å²) in [6.07, 6.45) is -4.75. The summed E-state index contributed by atoms with van der Waals surface area (Å²) in [6, 6.07) is 5.50. The minimum Gasteiger partial charge on any atom is -0.406 e. The maximum absolute atomic E-state index is 12.3. The van der Waals surface area contributed by atoms with Crippen LogP contribution in [0.1, 0.15) is 26.6 Å². The van der Waals surface area contributed by atoms with Gasteiger partial charge >= 0.3 is 6.36 Å². The van der Waals surface area contributed by atoms with Crippen molar-refractivity contribution in [3.63, 3.8) is 0 Å². The summed E-state index contributed by atoms with van der Waals surface area (Å²) in [5, 5.41) is 7.84. The second-order valence-corrected chi connectivity index (χ2v) is 5.76. The van der Waals surface area contributed by atoms with Gasteiger partial charge < -0.3 is 4.74 Å². The Morgan fingerprint density at radius 2 is 1.81 bits per heavy atom. The molecule has 0 amide bonds. The average molecular weight is 320 g/mol. The lowest BCUT2D eigenvalue weighted by Crippen LogP contribution is -2.19. The maximum atomic E-state index is 12.3. The van der Waals surface area contributed by atoms with E-state index in [1.807, 2.05) is 20.8 Å². The van der Waals surface area contributed by atoms with E-state index in [2.05, 4.69) is 14.9 Å². The van der Waals surface area contributed by atoms with Crippen molar-refractivity contribution in [1.29, 1.82) is 0 Å². The van der Waals surface area contributed by atoms with Gasteiger partial charge in [-0.2, -0.15) is 0 Å². The fourth-order valence-corrected chi connectivity index (χ4v) is 2.01. The molecule has 0 atom stereocenters. The van der Waals surface area contributed by atoms with Gasteiger partial charge in [0.25, 0.3) is 0 Å². The summed E-state index contributed by atoms with van der Waals surface area (Å²) in [4.78, 5) is 0. The van der Waals surface area contributed by atoms with E-state index in [0.29, 0.717) is 11.5 Å². The van der Waals surface area contributed by atoms with Gasteiger partial charge in [-0.15, -0.1) is 23.4 Å². The van der Waals surface area contributed by atoms with Gasteiger partial charge in [-0.25, -0.2) is 0 Å². The first-order valence-corrected chi connectivity index (χ1v) is 6.43. The summed E-state index contributed by atoms with van der Waals surface area (Å²) in [5.74, 6) is 0.210. The molecular weight excluding hydrogens is 307 g/mol. The van der Waals surface area contributed by atoms with Crippen LogP contribution in [0.3, 0.4) is 0 Å². The number of ether oxygens (including phenoxy) is 1. The van der Waals surface area contributed by atoms with Gasteiger partial charge in [0.05, 0.1) is 5.69 Å². The van der Waals surface area contributed by atoms with E-state index in [1.165, 1.54) is 22.8 Å². The van der Waals surface area contributed by atoms with Crippen LogP contribution in [0, 0.1) is 0 Å². The molecule has 1 aromatic carbocycles. The van der Waals surface area contributed by atoms with E-state index in [0.717, 1.165) is 0 Å². The monoisotopic (exact) mass is 319 g/mol. The third-order valence-electron chi connectivity index (χ3n) is 2.60. The Kier molecular flexibility index (Phi) is 3.88. The molecule has 21 heavy (non-hydrogen) atoms. The molecule has 2 rings (SSSR count). The predicted octanol–water partition coefficient (Wildman–Crippen LogP) is 4.12. The molecule has 2 aromatic rings. The van der Waals surface area contributed by atoms with E-state index in [1.54, 1.807) is 6.07 Å². The molecular formula is C13H13ClF3N3O. The third kappa shape index (κ3) is 3.66. The molecule has 0 spiro atoms.